The largest absolute Gasteiger partial charge is 0.481 e. The minimum atomic E-state index is -0.822. The third kappa shape index (κ3) is 4.01. The molecule has 0 radical (unpaired) electrons. The monoisotopic (exact) mass is 241 g/mol. The second kappa shape index (κ2) is 5.73. The van der Waals surface area contributed by atoms with Gasteiger partial charge in [0.05, 0.1) is 0 Å². The molecule has 0 unspecified atom stereocenters. The smallest absolute Gasteiger partial charge is 0.303 e. The van der Waals surface area contributed by atoms with Gasteiger partial charge in [0.2, 0.25) is 5.95 Å². The molecule has 1 heterocycles. The third-order valence-electron chi connectivity index (χ3n) is 2.04. The topological polar surface area (TPSA) is 140 Å². The minimum Gasteiger partial charge on any atom is -0.481 e. The molecule has 0 aliphatic heterocycles. The molecule has 0 bridgehead atoms. The first-order valence-electron chi connectivity index (χ1n) is 5.07. The maximum atomic E-state index is 10.3. The van der Waals surface area contributed by atoms with E-state index in [0.29, 0.717) is 29.6 Å². The standard InChI is InChI=1S/C9H15N5O3/c10-6-5-7(13-9(11)14(6)17)12-4-2-1-3-8(15)16/h5,17H,1-4,10H2,(H,15,16)(H2,11,12,13). The Morgan fingerprint density at radius 1 is 1.47 bits per heavy atom. The maximum absolute atomic E-state index is 10.3. The molecule has 0 saturated heterocycles. The van der Waals surface area contributed by atoms with Crippen molar-refractivity contribution in [2.45, 2.75) is 19.3 Å². The lowest BCUT2D eigenvalue weighted by Gasteiger charge is -2.03. The molecule has 94 valence electrons. The summed E-state index contributed by atoms with van der Waals surface area (Å²) in [5.41, 5.74) is 11.1. The summed E-state index contributed by atoms with van der Waals surface area (Å²) in [6.07, 6.45) is 1.32. The number of hydrogen-bond donors (Lipinski definition) is 4. The van der Waals surface area contributed by atoms with Gasteiger partial charge < -0.3 is 21.8 Å². The Morgan fingerprint density at radius 3 is 2.76 bits per heavy atom. The van der Waals surface area contributed by atoms with Crippen molar-refractivity contribution in [2.75, 3.05) is 18.0 Å². The van der Waals surface area contributed by atoms with Crippen molar-refractivity contribution >= 4 is 17.7 Å². The highest BCUT2D eigenvalue weighted by molar-refractivity contribution is 5.66. The molecule has 8 heteroatoms. The Kier molecular flexibility index (Phi) is 4.32. The molecule has 0 amide bonds. The van der Waals surface area contributed by atoms with Crippen LogP contribution in [0, 0.1) is 0 Å². The summed E-state index contributed by atoms with van der Waals surface area (Å²) in [6.45, 7) is 0.439. The summed E-state index contributed by atoms with van der Waals surface area (Å²) < 4.78 is 0.559. The van der Waals surface area contributed by atoms with Crippen molar-refractivity contribution in [1.82, 2.24) is 9.71 Å². The van der Waals surface area contributed by atoms with Crippen molar-refractivity contribution in [2.24, 2.45) is 4.99 Å². The van der Waals surface area contributed by atoms with Gasteiger partial charge in [-0.15, -0.1) is 4.73 Å². The van der Waals surface area contributed by atoms with E-state index in [9.17, 15) is 10.0 Å². The molecular formula is C9H15N5O3. The molecule has 0 atom stereocenters. The molecule has 0 aliphatic rings. The molecule has 0 aliphatic carbocycles. The third-order valence-corrected chi connectivity index (χ3v) is 2.04. The van der Waals surface area contributed by atoms with E-state index >= 15 is 0 Å². The van der Waals surface area contributed by atoms with Gasteiger partial charge >= 0.3 is 5.97 Å². The number of carboxylic acids is 1. The van der Waals surface area contributed by atoms with Gasteiger partial charge in [-0.25, -0.2) is 0 Å². The number of aliphatic carboxylic acids is 1. The number of unbranched alkanes of at least 4 members (excludes halogenated alkanes) is 1. The number of rotatable bonds is 5. The Morgan fingerprint density at radius 2 is 2.18 bits per heavy atom. The second-order valence-electron chi connectivity index (χ2n) is 3.44. The van der Waals surface area contributed by atoms with Crippen molar-refractivity contribution in [3.8, 4) is 0 Å². The quantitative estimate of drug-likeness (QED) is 0.402. The Balaban J connectivity index is 2.58. The highest BCUT2D eigenvalue weighted by atomic mass is 16.5. The number of carbonyl (C=O) groups is 1. The molecule has 0 fully saturated rings. The average molecular weight is 241 g/mol. The second-order valence-corrected chi connectivity index (χ2v) is 3.44. The van der Waals surface area contributed by atoms with Crippen molar-refractivity contribution < 1.29 is 15.1 Å². The zero-order valence-electron chi connectivity index (χ0n) is 9.20. The lowest BCUT2D eigenvalue weighted by Crippen LogP contribution is -2.19. The van der Waals surface area contributed by atoms with Gasteiger partial charge in [0.15, 0.2) is 5.49 Å². The van der Waals surface area contributed by atoms with Gasteiger partial charge in [-0.05, 0) is 12.8 Å². The minimum absolute atomic E-state index is 0.0433. The van der Waals surface area contributed by atoms with Gasteiger partial charge in [0.25, 0.3) is 0 Å². The van der Waals surface area contributed by atoms with Crippen LogP contribution in [0.2, 0.25) is 0 Å². The Bertz CT molecular complexity index is 442. The molecule has 0 aromatic carbocycles. The van der Waals surface area contributed by atoms with Gasteiger partial charge in [0, 0.05) is 19.0 Å². The summed E-state index contributed by atoms with van der Waals surface area (Å²) in [6, 6.07) is 1.38. The van der Waals surface area contributed by atoms with Crippen LogP contribution in [0.1, 0.15) is 19.3 Å². The van der Waals surface area contributed by atoms with Gasteiger partial charge in [-0.1, -0.05) is 0 Å². The molecule has 6 N–H and O–H groups in total. The van der Waals surface area contributed by atoms with E-state index in [4.69, 9.17) is 16.6 Å². The lowest BCUT2D eigenvalue weighted by molar-refractivity contribution is -0.137. The highest BCUT2D eigenvalue weighted by Crippen LogP contribution is 1.99. The van der Waals surface area contributed by atoms with E-state index < -0.39 is 5.97 Å². The summed E-state index contributed by atoms with van der Waals surface area (Å²) in [5, 5.41) is 17.6. The molecule has 1 aromatic heterocycles. The number of aromatic nitrogens is 2. The van der Waals surface area contributed by atoms with E-state index in [1.54, 1.807) is 0 Å². The number of nitrogens with two attached hydrogens (primary N) is 2. The van der Waals surface area contributed by atoms with Crippen LogP contribution < -0.4 is 17.0 Å². The van der Waals surface area contributed by atoms with Crippen LogP contribution in [-0.2, 0) is 4.79 Å². The number of carboxylic acid groups (broad SMARTS) is 1. The fourth-order valence-electron chi connectivity index (χ4n) is 1.19. The zero-order chi connectivity index (χ0) is 12.8. The molecule has 1 aromatic rings. The van der Waals surface area contributed by atoms with Crippen LogP contribution in [0.15, 0.2) is 11.1 Å². The van der Waals surface area contributed by atoms with E-state index in [1.807, 2.05) is 0 Å². The van der Waals surface area contributed by atoms with Crippen molar-refractivity contribution in [3.05, 3.63) is 11.6 Å². The predicted octanol–water partition coefficient (Wildman–Crippen LogP) is -0.560. The van der Waals surface area contributed by atoms with Crippen LogP contribution in [-0.4, -0.2) is 32.5 Å². The number of hydrogen-bond acceptors (Lipinski definition) is 6. The van der Waals surface area contributed by atoms with Crippen LogP contribution >= 0.6 is 0 Å². The summed E-state index contributed by atoms with van der Waals surface area (Å²) >= 11 is 0. The number of nitrogens with zero attached hydrogens (tertiary/aromatic N) is 3. The van der Waals surface area contributed by atoms with Gasteiger partial charge in [-0.3, -0.25) is 9.79 Å². The predicted molar refractivity (Wildman–Crippen MR) is 60.2 cm³/mol. The Labute approximate surface area is 97.2 Å². The summed E-state index contributed by atoms with van der Waals surface area (Å²) in [5.74, 6) is -0.922. The lowest BCUT2D eigenvalue weighted by atomic mass is 10.2. The molecular weight excluding hydrogens is 226 g/mol. The van der Waals surface area contributed by atoms with Crippen LogP contribution in [0.5, 0.6) is 0 Å². The van der Waals surface area contributed by atoms with E-state index in [-0.39, 0.29) is 18.2 Å². The SMILES string of the molecule is Nc1cc(=NCCCCC(=O)O)nc(N)n1O. The first-order chi connectivity index (χ1) is 8.00. The van der Waals surface area contributed by atoms with Gasteiger partial charge in [0.1, 0.15) is 5.82 Å². The van der Waals surface area contributed by atoms with E-state index in [1.165, 1.54) is 6.07 Å². The molecule has 8 nitrogen and oxygen atoms in total. The van der Waals surface area contributed by atoms with Crippen LogP contribution in [0.4, 0.5) is 11.8 Å². The van der Waals surface area contributed by atoms with Crippen molar-refractivity contribution in [3.63, 3.8) is 0 Å². The normalized spacial score (nSPS) is 11.6. The average Bonchev–Trinajstić information content (AvgIpc) is 2.25. The van der Waals surface area contributed by atoms with E-state index in [2.05, 4.69) is 9.98 Å². The maximum Gasteiger partial charge on any atom is 0.303 e. The number of anilines is 2. The molecule has 1 rings (SSSR count). The zero-order valence-corrected chi connectivity index (χ0v) is 9.20. The van der Waals surface area contributed by atoms with Crippen molar-refractivity contribution in [1.29, 1.82) is 0 Å². The molecule has 0 saturated carbocycles. The molecule has 0 spiro atoms. The summed E-state index contributed by atoms with van der Waals surface area (Å²) in [7, 11) is 0. The van der Waals surface area contributed by atoms with Gasteiger partial charge in [-0.2, -0.15) is 4.98 Å². The Hall–Kier alpha value is -2.25. The van der Waals surface area contributed by atoms with E-state index in [0.717, 1.165) is 0 Å². The number of nitrogen functional groups attached to an aromatic ring is 2. The first-order valence-corrected chi connectivity index (χ1v) is 5.07. The summed E-state index contributed by atoms with van der Waals surface area (Å²) in [4.78, 5) is 18.1. The molecule has 17 heavy (non-hydrogen) atoms. The highest BCUT2D eigenvalue weighted by Gasteiger charge is 2.00. The van der Waals surface area contributed by atoms with Crippen LogP contribution in [0.25, 0.3) is 0 Å². The fraction of sp³-hybridized carbons (Fsp3) is 0.444. The van der Waals surface area contributed by atoms with Crippen LogP contribution in [0.3, 0.4) is 0 Å². The first kappa shape index (κ1) is 12.8. The fourth-order valence-corrected chi connectivity index (χ4v) is 1.19.